The van der Waals surface area contributed by atoms with E-state index in [1.54, 1.807) is 0 Å². The van der Waals surface area contributed by atoms with Crippen molar-refractivity contribution in [2.45, 2.75) is 92.1 Å². The Kier molecular flexibility index (Phi) is 14.6. The minimum atomic E-state index is -2.06. The van der Waals surface area contributed by atoms with E-state index in [-0.39, 0.29) is 22.8 Å². The molecule has 352 valence electrons. The number of esters is 1. The largest absolute Gasteiger partial charge is 0.508 e. The van der Waals surface area contributed by atoms with Crippen molar-refractivity contribution in [3.63, 3.8) is 0 Å². The number of benzene rings is 3. The second-order valence-corrected chi connectivity index (χ2v) is 15.2. The molecule has 3 aliphatic heterocycles. The summed E-state index contributed by atoms with van der Waals surface area (Å²) in [5.74, 6) is -3.24. The van der Waals surface area contributed by atoms with Crippen LogP contribution in [0.1, 0.15) is 5.56 Å². The third-order valence-electron chi connectivity index (χ3n) is 10.8. The molecular formula is C42H46O23. The molecule has 4 heterocycles. The number of phenols is 2. The summed E-state index contributed by atoms with van der Waals surface area (Å²) in [6.45, 7) is -2.20. The number of aromatic hydroxyl groups is 2. The van der Waals surface area contributed by atoms with Gasteiger partial charge in [-0.05, 0) is 48.0 Å². The van der Waals surface area contributed by atoms with Crippen LogP contribution in [0.25, 0.3) is 28.4 Å². The molecular weight excluding hydrogens is 872 g/mol. The fraction of sp³-hybridized carbons (Fsp3) is 0.429. The lowest BCUT2D eigenvalue weighted by atomic mass is 9.99. The van der Waals surface area contributed by atoms with E-state index in [9.17, 15) is 76.0 Å². The average molecular weight is 919 g/mol. The summed E-state index contributed by atoms with van der Waals surface area (Å²) in [7, 11) is 0. The van der Waals surface area contributed by atoms with Gasteiger partial charge in [0.25, 0.3) is 0 Å². The Bertz CT molecular complexity index is 2350. The molecule has 0 bridgehead atoms. The maximum atomic E-state index is 14.4. The Morgan fingerprint density at radius 1 is 0.600 bits per heavy atom. The van der Waals surface area contributed by atoms with Crippen LogP contribution in [0.15, 0.2) is 76.0 Å². The van der Waals surface area contributed by atoms with Gasteiger partial charge in [0.15, 0.2) is 5.76 Å². The number of carbonyl (C=O) groups is 1. The Morgan fingerprint density at radius 3 is 1.66 bits per heavy atom. The fourth-order valence-corrected chi connectivity index (χ4v) is 7.14. The number of aliphatic hydroxyl groups excluding tert-OH is 11. The molecule has 1 aromatic heterocycles. The topological polar surface area (TPSA) is 375 Å². The zero-order chi connectivity index (χ0) is 46.9. The summed E-state index contributed by atoms with van der Waals surface area (Å²) < 4.78 is 45.0. The lowest BCUT2D eigenvalue weighted by Crippen LogP contribution is -2.60. The van der Waals surface area contributed by atoms with Gasteiger partial charge in [0.2, 0.25) is 30.0 Å². The first kappa shape index (κ1) is 47.5. The molecule has 0 radical (unpaired) electrons. The number of ether oxygens (including phenoxy) is 7. The molecule has 0 amide bonds. The minimum absolute atomic E-state index is 0.00238. The third kappa shape index (κ3) is 10.0. The smallest absolute Gasteiger partial charge is 0.330 e. The highest BCUT2D eigenvalue weighted by molar-refractivity contribution is 5.88. The summed E-state index contributed by atoms with van der Waals surface area (Å²) >= 11 is 0. The van der Waals surface area contributed by atoms with Crippen LogP contribution in [-0.4, -0.2) is 184 Å². The van der Waals surface area contributed by atoms with Crippen LogP contribution in [0.4, 0.5) is 0 Å². The van der Waals surface area contributed by atoms with Crippen LogP contribution in [0.2, 0.25) is 0 Å². The molecule has 8 unspecified atom stereocenters. The van der Waals surface area contributed by atoms with Crippen molar-refractivity contribution in [1.82, 2.24) is 0 Å². The van der Waals surface area contributed by atoms with Gasteiger partial charge < -0.3 is 104 Å². The van der Waals surface area contributed by atoms with E-state index in [1.807, 2.05) is 0 Å². The Labute approximate surface area is 365 Å². The zero-order valence-electron chi connectivity index (χ0n) is 33.6. The first-order valence-electron chi connectivity index (χ1n) is 19.9. The number of hydrogen-bond donors (Lipinski definition) is 13. The lowest BCUT2D eigenvalue weighted by molar-refractivity contribution is -0.278. The summed E-state index contributed by atoms with van der Waals surface area (Å²) in [5.41, 5.74) is -0.968. The van der Waals surface area contributed by atoms with Gasteiger partial charge in [-0.15, -0.1) is 0 Å². The van der Waals surface area contributed by atoms with Crippen LogP contribution < -0.4 is 19.6 Å². The number of rotatable bonds is 13. The highest BCUT2D eigenvalue weighted by atomic mass is 16.7. The van der Waals surface area contributed by atoms with Gasteiger partial charge >= 0.3 is 5.97 Å². The van der Waals surface area contributed by atoms with Crippen LogP contribution in [-0.2, 0) is 23.7 Å². The number of phenolic OH excluding ortho intramolecular Hbond substituents is 2. The molecule has 3 aromatic carbocycles. The normalized spacial score (nSPS) is 32.9. The number of hydrogen-bond acceptors (Lipinski definition) is 23. The molecule has 0 saturated carbocycles. The summed E-state index contributed by atoms with van der Waals surface area (Å²) in [6, 6.07) is 13.0. The molecule has 15 atom stereocenters. The van der Waals surface area contributed by atoms with Crippen molar-refractivity contribution in [2.75, 3.05) is 19.8 Å². The van der Waals surface area contributed by atoms with Gasteiger partial charge in [0.05, 0.1) is 13.2 Å². The molecule has 65 heavy (non-hydrogen) atoms. The first-order valence-corrected chi connectivity index (χ1v) is 19.9. The molecule has 23 nitrogen and oxygen atoms in total. The van der Waals surface area contributed by atoms with Gasteiger partial charge in [0.1, 0.15) is 114 Å². The first-order chi connectivity index (χ1) is 31.0. The lowest BCUT2D eigenvalue weighted by Gasteiger charge is -2.39. The third-order valence-corrected chi connectivity index (χ3v) is 10.8. The molecule has 4 aromatic rings. The van der Waals surface area contributed by atoms with Gasteiger partial charge in [0, 0.05) is 23.8 Å². The molecule has 0 aliphatic carbocycles. The van der Waals surface area contributed by atoms with Crippen LogP contribution in [0, 0.1) is 0 Å². The summed E-state index contributed by atoms with van der Waals surface area (Å²) in [5, 5.41) is 134. The molecule has 3 saturated heterocycles. The van der Waals surface area contributed by atoms with E-state index in [2.05, 4.69) is 0 Å². The van der Waals surface area contributed by atoms with Crippen molar-refractivity contribution in [3.8, 4) is 40.1 Å². The maximum Gasteiger partial charge on any atom is 0.330 e. The summed E-state index contributed by atoms with van der Waals surface area (Å²) in [6.07, 6.45) is -23.6. The van der Waals surface area contributed by atoms with E-state index in [1.165, 1.54) is 54.6 Å². The predicted octanol–water partition coefficient (Wildman–Crippen LogP) is -3.33. The molecule has 3 aliphatic rings. The van der Waals surface area contributed by atoms with Crippen LogP contribution in [0.5, 0.6) is 28.7 Å². The van der Waals surface area contributed by atoms with Crippen molar-refractivity contribution < 1.29 is 109 Å². The number of aliphatic hydroxyl groups is 11. The van der Waals surface area contributed by atoms with Crippen molar-refractivity contribution in [3.05, 3.63) is 82.5 Å². The Hall–Kier alpha value is -5.48. The molecule has 0 spiro atoms. The zero-order valence-corrected chi connectivity index (χ0v) is 33.6. The minimum Gasteiger partial charge on any atom is -0.508 e. The monoisotopic (exact) mass is 918 g/mol. The molecule has 13 N–H and O–H groups in total. The predicted molar refractivity (Wildman–Crippen MR) is 214 cm³/mol. The van der Waals surface area contributed by atoms with E-state index in [4.69, 9.17) is 37.6 Å². The van der Waals surface area contributed by atoms with E-state index in [0.29, 0.717) is 5.56 Å². The standard InChI is InChI=1S/C42H46O23/c43-13-23-28(48)32(52)35(55)40(62-23)59-19-8-4-17(5-9-19)38-39(31(51)27-21(46)11-20(12-22(27)61-38)60-41-36(56)33(53)29(49)24(14-44)63-41)65-42-37(57)34(54)30(50)25(64-42)15-58-26(47)10-3-16-1-6-18(45)7-2-16/h1-12,23-25,28-30,32-37,40-46,48-50,52-57H,13-15H2/t23?,24?,25?,28-,29-,30-,32?,33?,34?,35?,36+,37?,40-,41-,42+/m1/s1. The Morgan fingerprint density at radius 2 is 1.11 bits per heavy atom. The second kappa shape index (κ2) is 19.9. The second-order valence-electron chi connectivity index (χ2n) is 15.2. The van der Waals surface area contributed by atoms with E-state index >= 15 is 0 Å². The number of fused-ring (bicyclic) bond motifs is 1. The fourth-order valence-electron chi connectivity index (χ4n) is 7.14. The van der Waals surface area contributed by atoms with E-state index in [0.717, 1.165) is 18.2 Å². The van der Waals surface area contributed by atoms with Gasteiger partial charge in [-0.3, -0.25) is 4.79 Å². The Balaban J connectivity index is 1.20. The highest BCUT2D eigenvalue weighted by Gasteiger charge is 2.48. The van der Waals surface area contributed by atoms with Crippen LogP contribution >= 0.6 is 0 Å². The van der Waals surface area contributed by atoms with Gasteiger partial charge in [-0.2, -0.15) is 0 Å². The van der Waals surface area contributed by atoms with Crippen molar-refractivity contribution >= 4 is 23.0 Å². The quantitative estimate of drug-likeness (QED) is 0.0461. The van der Waals surface area contributed by atoms with Crippen molar-refractivity contribution in [2.24, 2.45) is 0 Å². The van der Waals surface area contributed by atoms with Crippen molar-refractivity contribution in [1.29, 1.82) is 0 Å². The van der Waals surface area contributed by atoms with Gasteiger partial charge in [-0.1, -0.05) is 12.1 Å². The van der Waals surface area contributed by atoms with Crippen LogP contribution in [0.3, 0.4) is 0 Å². The summed E-state index contributed by atoms with van der Waals surface area (Å²) in [4.78, 5) is 26.9. The molecule has 3 fully saturated rings. The number of carbonyl (C=O) groups excluding carboxylic acids is 1. The molecule has 7 rings (SSSR count). The molecule has 23 heteroatoms. The SMILES string of the molecule is O=C(C=Cc1ccc(O)cc1)OCC1O[C@@H](Oc2c(-c3ccc(O[C@@H]4OC(CO)[C@@H](O)C(O)C4O)cc3)oc3cc(O[C@@H]4OC(CO)[C@@H](O)C(O)[C@@H]4O)cc(O)c3c2=O)C(O)C(O)[C@@H]1O. The van der Waals surface area contributed by atoms with Gasteiger partial charge in [-0.25, -0.2) is 4.79 Å². The maximum absolute atomic E-state index is 14.4. The average Bonchev–Trinajstić information content (AvgIpc) is 3.29. The van der Waals surface area contributed by atoms with E-state index < -0.39 is 152 Å². The highest BCUT2D eigenvalue weighted by Crippen LogP contribution is 2.39.